The molecule has 2 N–H and O–H groups in total. The molecule has 0 aliphatic carbocycles. The molecular formula is C21H17N5O. The Labute approximate surface area is 156 Å². The van der Waals surface area contributed by atoms with Gasteiger partial charge in [0, 0.05) is 18.0 Å². The van der Waals surface area contributed by atoms with Crippen LogP contribution in [0.25, 0.3) is 0 Å². The van der Waals surface area contributed by atoms with E-state index in [1.54, 1.807) is 12.4 Å². The van der Waals surface area contributed by atoms with Gasteiger partial charge in [0.25, 0.3) is 0 Å². The number of hydrogen-bond donors (Lipinski definition) is 2. The van der Waals surface area contributed by atoms with Crippen molar-refractivity contribution >= 4 is 23.0 Å². The molecule has 0 saturated heterocycles. The molecule has 0 radical (unpaired) electrons. The first-order chi connectivity index (χ1) is 13.3. The molecule has 6 heteroatoms. The monoisotopic (exact) mass is 355 g/mol. The lowest BCUT2D eigenvalue weighted by atomic mass is 10.3. The van der Waals surface area contributed by atoms with Crippen molar-refractivity contribution in [3.63, 3.8) is 0 Å². The number of para-hydroxylation sites is 1. The van der Waals surface area contributed by atoms with Crippen molar-refractivity contribution in [1.29, 1.82) is 0 Å². The molecule has 6 nitrogen and oxygen atoms in total. The van der Waals surface area contributed by atoms with Gasteiger partial charge in [-0.15, -0.1) is 0 Å². The Morgan fingerprint density at radius 3 is 2.07 bits per heavy atom. The first kappa shape index (κ1) is 16.5. The summed E-state index contributed by atoms with van der Waals surface area (Å²) in [7, 11) is 0. The van der Waals surface area contributed by atoms with Crippen LogP contribution in [0.5, 0.6) is 11.5 Å². The maximum absolute atomic E-state index is 5.80. The highest BCUT2D eigenvalue weighted by Gasteiger charge is 2.02. The van der Waals surface area contributed by atoms with Gasteiger partial charge in [0.2, 0.25) is 0 Å². The molecule has 0 bridgehead atoms. The molecule has 0 saturated carbocycles. The van der Waals surface area contributed by atoms with Crippen molar-refractivity contribution in [2.24, 2.45) is 0 Å². The Morgan fingerprint density at radius 1 is 0.667 bits per heavy atom. The van der Waals surface area contributed by atoms with E-state index in [1.165, 1.54) is 6.33 Å². The molecule has 0 spiro atoms. The number of ether oxygens (including phenoxy) is 1. The van der Waals surface area contributed by atoms with E-state index in [2.05, 4.69) is 25.6 Å². The topological polar surface area (TPSA) is 72.0 Å². The number of rotatable bonds is 6. The van der Waals surface area contributed by atoms with Gasteiger partial charge < -0.3 is 15.4 Å². The van der Waals surface area contributed by atoms with E-state index in [9.17, 15) is 0 Å². The zero-order valence-electron chi connectivity index (χ0n) is 14.4. The molecule has 2 heterocycles. The molecule has 0 amide bonds. The van der Waals surface area contributed by atoms with Crippen LogP contribution in [0, 0.1) is 0 Å². The normalized spacial score (nSPS) is 10.2. The summed E-state index contributed by atoms with van der Waals surface area (Å²) in [4.78, 5) is 12.6. The van der Waals surface area contributed by atoms with Crippen LogP contribution in [0.3, 0.4) is 0 Å². The van der Waals surface area contributed by atoms with Crippen LogP contribution < -0.4 is 15.4 Å². The molecule has 27 heavy (non-hydrogen) atoms. The lowest BCUT2D eigenvalue weighted by Crippen LogP contribution is -1.98. The van der Waals surface area contributed by atoms with Gasteiger partial charge in [-0.05, 0) is 48.5 Å². The number of pyridine rings is 1. The van der Waals surface area contributed by atoms with Crippen LogP contribution in [0.2, 0.25) is 0 Å². The Kier molecular flexibility index (Phi) is 4.88. The fourth-order valence-electron chi connectivity index (χ4n) is 2.46. The summed E-state index contributed by atoms with van der Waals surface area (Å²) in [6, 6.07) is 23.0. The highest BCUT2D eigenvalue weighted by molar-refractivity contribution is 5.62. The zero-order chi connectivity index (χ0) is 18.3. The van der Waals surface area contributed by atoms with E-state index < -0.39 is 0 Å². The zero-order valence-corrected chi connectivity index (χ0v) is 14.4. The van der Waals surface area contributed by atoms with E-state index in [1.807, 2.05) is 72.8 Å². The van der Waals surface area contributed by atoms with E-state index >= 15 is 0 Å². The first-order valence-corrected chi connectivity index (χ1v) is 8.44. The van der Waals surface area contributed by atoms with Gasteiger partial charge in [-0.25, -0.2) is 9.97 Å². The smallest absolute Gasteiger partial charge is 0.135 e. The molecule has 4 rings (SSSR count). The van der Waals surface area contributed by atoms with Crippen molar-refractivity contribution in [2.45, 2.75) is 0 Å². The molecule has 0 aliphatic heterocycles. The average molecular weight is 355 g/mol. The van der Waals surface area contributed by atoms with E-state index in [0.29, 0.717) is 11.6 Å². The second-order valence-electron chi connectivity index (χ2n) is 5.72. The van der Waals surface area contributed by atoms with Crippen LogP contribution in [0.1, 0.15) is 0 Å². The van der Waals surface area contributed by atoms with Gasteiger partial charge in [-0.2, -0.15) is 0 Å². The molecule has 0 unspecified atom stereocenters. The molecule has 0 aliphatic rings. The summed E-state index contributed by atoms with van der Waals surface area (Å²) in [5, 5.41) is 6.45. The number of aromatic nitrogens is 3. The minimum atomic E-state index is 0.685. The van der Waals surface area contributed by atoms with Gasteiger partial charge in [0.1, 0.15) is 29.5 Å². The number of nitrogens with zero attached hydrogens (tertiary/aromatic N) is 3. The summed E-state index contributed by atoms with van der Waals surface area (Å²) < 4.78 is 5.80. The Morgan fingerprint density at radius 2 is 1.37 bits per heavy atom. The molecule has 4 aromatic rings. The Balaban J connectivity index is 1.42. The van der Waals surface area contributed by atoms with E-state index in [4.69, 9.17) is 4.74 Å². The van der Waals surface area contributed by atoms with Crippen molar-refractivity contribution < 1.29 is 4.74 Å². The van der Waals surface area contributed by atoms with Gasteiger partial charge >= 0.3 is 0 Å². The summed E-state index contributed by atoms with van der Waals surface area (Å²) in [5.74, 6) is 2.95. The van der Waals surface area contributed by atoms with Gasteiger partial charge in [-0.1, -0.05) is 18.2 Å². The lowest BCUT2D eigenvalue weighted by molar-refractivity contribution is 0.483. The fourth-order valence-corrected chi connectivity index (χ4v) is 2.46. The largest absolute Gasteiger partial charge is 0.457 e. The van der Waals surface area contributed by atoms with Crippen LogP contribution in [-0.4, -0.2) is 15.0 Å². The number of anilines is 4. The molecule has 2 aromatic carbocycles. The summed E-state index contributed by atoms with van der Waals surface area (Å²) in [6.45, 7) is 0. The standard InChI is InChI=1S/C21H17N5O/c1-2-6-18(7-3-1)27-19-10-8-16(9-11-19)25-20-13-21(24-15-23-20)26-17-5-4-12-22-14-17/h1-15H,(H2,23,24,25,26). The van der Waals surface area contributed by atoms with Crippen LogP contribution in [0.15, 0.2) is 91.5 Å². The lowest BCUT2D eigenvalue weighted by Gasteiger charge is -2.10. The third-order valence-electron chi connectivity index (χ3n) is 3.71. The minimum absolute atomic E-state index is 0.685. The molecular weight excluding hydrogens is 338 g/mol. The molecule has 2 aromatic heterocycles. The summed E-state index contributed by atoms with van der Waals surface area (Å²) in [5.41, 5.74) is 1.77. The van der Waals surface area contributed by atoms with Crippen LogP contribution in [0.4, 0.5) is 23.0 Å². The highest BCUT2D eigenvalue weighted by atomic mass is 16.5. The number of nitrogens with one attached hydrogen (secondary N) is 2. The van der Waals surface area contributed by atoms with Gasteiger partial charge in [-0.3, -0.25) is 4.98 Å². The van der Waals surface area contributed by atoms with E-state index in [0.717, 1.165) is 22.9 Å². The summed E-state index contributed by atoms with van der Waals surface area (Å²) >= 11 is 0. The molecule has 0 fully saturated rings. The van der Waals surface area contributed by atoms with E-state index in [-0.39, 0.29) is 0 Å². The van der Waals surface area contributed by atoms with Crippen LogP contribution >= 0.6 is 0 Å². The minimum Gasteiger partial charge on any atom is -0.457 e. The Bertz CT molecular complexity index is 992. The van der Waals surface area contributed by atoms with Crippen molar-refractivity contribution in [3.8, 4) is 11.5 Å². The SMILES string of the molecule is c1ccc(Oc2ccc(Nc3cc(Nc4cccnc4)ncn3)cc2)cc1. The average Bonchev–Trinajstić information content (AvgIpc) is 2.71. The maximum atomic E-state index is 5.80. The Hall–Kier alpha value is -3.93. The second kappa shape index (κ2) is 7.97. The predicted octanol–water partition coefficient (Wildman–Crippen LogP) is 5.15. The quantitative estimate of drug-likeness (QED) is 0.498. The molecule has 132 valence electrons. The maximum Gasteiger partial charge on any atom is 0.135 e. The number of hydrogen-bond acceptors (Lipinski definition) is 6. The third kappa shape index (κ3) is 4.58. The number of benzene rings is 2. The third-order valence-corrected chi connectivity index (χ3v) is 3.71. The van der Waals surface area contributed by atoms with Crippen molar-refractivity contribution in [3.05, 3.63) is 91.5 Å². The van der Waals surface area contributed by atoms with Crippen molar-refractivity contribution in [1.82, 2.24) is 15.0 Å². The summed E-state index contributed by atoms with van der Waals surface area (Å²) in [6.07, 6.45) is 4.97. The highest BCUT2D eigenvalue weighted by Crippen LogP contribution is 2.24. The molecule has 0 atom stereocenters. The van der Waals surface area contributed by atoms with Gasteiger partial charge in [0.15, 0.2) is 0 Å². The van der Waals surface area contributed by atoms with Gasteiger partial charge in [0.05, 0.1) is 11.9 Å². The van der Waals surface area contributed by atoms with Crippen molar-refractivity contribution in [2.75, 3.05) is 10.6 Å². The second-order valence-corrected chi connectivity index (χ2v) is 5.72. The van der Waals surface area contributed by atoms with Crippen LogP contribution in [-0.2, 0) is 0 Å². The first-order valence-electron chi connectivity index (χ1n) is 8.44. The predicted molar refractivity (Wildman–Crippen MR) is 106 cm³/mol. The fraction of sp³-hybridized carbons (Fsp3) is 0.